The van der Waals surface area contributed by atoms with Crippen molar-refractivity contribution in [3.05, 3.63) is 12.2 Å². The van der Waals surface area contributed by atoms with Crippen LogP contribution in [0.4, 0.5) is 0 Å². The van der Waals surface area contributed by atoms with Crippen molar-refractivity contribution in [1.82, 2.24) is 0 Å². The zero-order valence-corrected chi connectivity index (χ0v) is 6.09. The maximum atomic E-state index is 10.5. The third-order valence-electron chi connectivity index (χ3n) is 1.37. The first-order valence-corrected chi connectivity index (χ1v) is 3.07. The normalized spacial score (nSPS) is 30.6. The monoisotopic (exact) mass is 142 g/mol. The van der Waals surface area contributed by atoms with Gasteiger partial charge in [0.15, 0.2) is 0 Å². The minimum Gasteiger partial charge on any atom is -0.466 e. The molecule has 0 aromatic rings. The molecule has 1 rings (SSSR count). The zero-order chi connectivity index (χ0) is 7.61. The smallest absolute Gasteiger partial charge is 0.330 e. The van der Waals surface area contributed by atoms with Gasteiger partial charge in [-0.05, 0) is 13.0 Å². The molecular formula is C7H10O3. The quantitative estimate of drug-likeness (QED) is 0.320. The van der Waals surface area contributed by atoms with Crippen LogP contribution in [0.5, 0.6) is 0 Å². The summed E-state index contributed by atoms with van der Waals surface area (Å²) >= 11 is 0. The van der Waals surface area contributed by atoms with Crippen molar-refractivity contribution in [3.63, 3.8) is 0 Å². The first-order chi connectivity index (χ1) is 4.66. The lowest BCUT2D eigenvalue weighted by molar-refractivity contribution is -0.134. The van der Waals surface area contributed by atoms with Gasteiger partial charge in [0, 0.05) is 6.08 Å². The molecule has 3 heteroatoms. The van der Waals surface area contributed by atoms with Crippen LogP contribution >= 0.6 is 0 Å². The van der Waals surface area contributed by atoms with Gasteiger partial charge < -0.3 is 9.47 Å². The number of hydrogen-bond donors (Lipinski definition) is 0. The fraction of sp³-hybridized carbons (Fsp3) is 0.571. The Kier molecular flexibility index (Phi) is 1.76. The highest BCUT2D eigenvalue weighted by Gasteiger charge is 2.36. The van der Waals surface area contributed by atoms with E-state index in [0.717, 1.165) is 0 Å². The van der Waals surface area contributed by atoms with Gasteiger partial charge in [-0.2, -0.15) is 0 Å². The van der Waals surface area contributed by atoms with E-state index in [1.165, 1.54) is 13.2 Å². The highest BCUT2D eigenvalue weighted by molar-refractivity contribution is 5.82. The third-order valence-corrected chi connectivity index (χ3v) is 1.37. The Bertz CT molecular complexity index is 168. The molecule has 1 unspecified atom stereocenters. The molecule has 0 aliphatic carbocycles. The lowest BCUT2D eigenvalue weighted by Crippen LogP contribution is -2.01. The number of carbonyl (C=O) groups is 1. The largest absolute Gasteiger partial charge is 0.466 e. The van der Waals surface area contributed by atoms with Crippen molar-refractivity contribution in [2.75, 3.05) is 13.7 Å². The van der Waals surface area contributed by atoms with E-state index in [1.54, 1.807) is 6.08 Å². The molecule has 0 N–H and O–H groups in total. The topological polar surface area (TPSA) is 38.8 Å². The summed E-state index contributed by atoms with van der Waals surface area (Å²) in [5.74, 6) is -0.336. The van der Waals surface area contributed by atoms with Crippen LogP contribution in [0.15, 0.2) is 12.2 Å². The first kappa shape index (κ1) is 7.28. The summed E-state index contributed by atoms with van der Waals surface area (Å²) in [5.41, 5.74) is -0.200. The molecule has 0 saturated carbocycles. The van der Waals surface area contributed by atoms with E-state index < -0.39 is 0 Å². The highest BCUT2D eigenvalue weighted by Crippen LogP contribution is 2.26. The summed E-state index contributed by atoms with van der Waals surface area (Å²) in [7, 11) is 1.35. The average molecular weight is 142 g/mol. The zero-order valence-electron chi connectivity index (χ0n) is 6.09. The van der Waals surface area contributed by atoms with Gasteiger partial charge in [0.1, 0.15) is 5.60 Å². The van der Waals surface area contributed by atoms with Gasteiger partial charge in [0.25, 0.3) is 0 Å². The van der Waals surface area contributed by atoms with Crippen LogP contribution in [0.1, 0.15) is 6.92 Å². The van der Waals surface area contributed by atoms with Crippen molar-refractivity contribution in [2.24, 2.45) is 0 Å². The summed E-state index contributed by atoms with van der Waals surface area (Å²) in [5, 5.41) is 0. The van der Waals surface area contributed by atoms with Gasteiger partial charge >= 0.3 is 5.97 Å². The molecule has 0 aromatic carbocycles. The molecule has 1 saturated heterocycles. The minimum absolute atomic E-state index is 0.200. The molecule has 1 aliphatic rings. The predicted molar refractivity (Wildman–Crippen MR) is 35.5 cm³/mol. The van der Waals surface area contributed by atoms with Crippen molar-refractivity contribution in [2.45, 2.75) is 12.5 Å². The maximum Gasteiger partial charge on any atom is 0.330 e. The maximum absolute atomic E-state index is 10.5. The van der Waals surface area contributed by atoms with Crippen LogP contribution in [0.25, 0.3) is 0 Å². The van der Waals surface area contributed by atoms with Gasteiger partial charge in [0.2, 0.25) is 0 Å². The van der Waals surface area contributed by atoms with Crippen LogP contribution in [0.2, 0.25) is 0 Å². The minimum atomic E-state index is -0.336. The molecule has 10 heavy (non-hydrogen) atoms. The Morgan fingerprint density at radius 2 is 2.40 bits per heavy atom. The Labute approximate surface area is 59.6 Å². The van der Waals surface area contributed by atoms with E-state index in [9.17, 15) is 4.79 Å². The van der Waals surface area contributed by atoms with Crippen LogP contribution in [-0.4, -0.2) is 25.3 Å². The van der Waals surface area contributed by atoms with Crippen molar-refractivity contribution >= 4 is 5.97 Å². The van der Waals surface area contributed by atoms with Gasteiger partial charge in [-0.25, -0.2) is 4.79 Å². The predicted octanol–water partition coefficient (Wildman–Crippen LogP) is 0.504. The second-order valence-electron chi connectivity index (χ2n) is 2.46. The van der Waals surface area contributed by atoms with Crippen LogP contribution in [-0.2, 0) is 14.3 Å². The van der Waals surface area contributed by atoms with Gasteiger partial charge in [-0.3, -0.25) is 0 Å². The number of methoxy groups -OCH3 is 1. The Morgan fingerprint density at radius 3 is 2.80 bits per heavy atom. The molecule has 1 heterocycles. The summed E-state index contributed by atoms with van der Waals surface area (Å²) in [6.45, 7) is 2.60. The summed E-state index contributed by atoms with van der Waals surface area (Å²) in [6.07, 6.45) is 3.09. The molecular weight excluding hydrogens is 132 g/mol. The first-order valence-electron chi connectivity index (χ1n) is 3.07. The van der Waals surface area contributed by atoms with E-state index in [4.69, 9.17) is 4.74 Å². The summed E-state index contributed by atoms with van der Waals surface area (Å²) in [4.78, 5) is 10.5. The van der Waals surface area contributed by atoms with Crippen LogP contribution in [0, 0.1) is 0 Å². The van der Waals surface area contributed by atoms with E-state index in [-0.39, 0.29) is 11.6 Å². The summed E-state index contributed by atoms with van der Waals surface area (Å²) in [6, 6.07) is 0. The van der Waals surface area contributed by atoms with Crippen LogP contribution < -0.4 is 0 Å². The number of rotatable bonds is 2. The second kappa shape index (κ2) is 2.42. The molecule has 0 aromatic heterocycles. The van der Waals surface area contributed by atoms with Gasteiger partial charge in [-0.1, -0.05) is 0 Å². The van der Waals surface area contributed by atoms with E-state index in [2.05, 4.69) is 4.74 Å². The standard InChI is InChI=1S/C7H10O3/c1-7(5-10-7)4-3-6(8)9-2/h3-4H,5H2,1-2H3. The lowest BCUT2D eigenvalue weighted by Gasteiger charge is -1.92. The highest BCUT2D eigenvalue weighted by atomic mass is 16.6. The Morgan fingerprint density at radius 1 is 1.80 bits per heavy atom. The van der Waals surface area contributed by atoms with Crippen molar-refractivity contribution in [3.8, 4) is 0 Å². The van der Waals surface area contributed by atoms with E-state index in [1.807, 2.05) is 6.92 Å². The number of epoxide rings is 1. The second-order valence-corrected chi connectivity index (χ2v) is 2.46. The number of hydrogen-bond acceptors (Lipinski definition) is 3. The fourth-order valence-corrected chi connectivity index (χ4v) is 0.522. The van der Waals surface area contributed by atoms with E-state index >= 15 is 0 Å². The third kappa shape index (κ3) is 1.84. The van der Waals surface area contributed by atoms with Crippen LogP contribution in [0.3, 0.4) is 0 Å². The molecule has 0 spiro atoms. The van der Waals surface area contributed by atoms with Crippen molar-refractivity contribution in [1.29, 1.82) is 0 Å². The number of carbonyl (C=O) groups excluding carboxylic acids is 1. The molecule has 3 nitrogen and oxygen atoms in total. The average Bonchev–Trinajstić information content (AvgIpc) is 2.64. The fourth-order valence-electron chi connectivity index (χ4n) is 0.522. The molecule has 1 atom stereocenters. The number of ether oxygens (including phenoxy) is 2. The molecule has 1 fully saturated rings. The molecule has 1 aliphatic heterocycles. The van der Waals surface area contributed by atoms with Gasteiger partial charge in [0.05, 0.1) is 13.7 Å². The molecule has 0 amide bonds. The lowest BCUT2D eigenvalue weighted by atomic mass is 10.2. The molecule has 0 bridgehead atoms. The SMILES string of the molecule is COC(=O)C=CC1(C)CO1. The molecule has 0 radical (unpaired) electrons. The van der Waals surface area contributed by atoms with Gasteiger partial charge in [-0.15, -0.1) is 0 Å². The number of esters is 1. The Balaban J connectivity index is 2.36. The van der Waals surface area contributed by atoms with E-state index in [0.29, 0.717) is 6.61 Å². The summed E-state index contributed by atoms with van der Waals surface area (Å²) < 4.78 is 9.39. The Hall–Kier alpha value is -0.830. The van der Waals surface area contributed by atoms with Crippen molar-refractivity contribution < 1.29 is 14.3 Å². The molecule has 56 valence electrons.